The number of aliphatic hydroxyl groups excluding tert-OH is 1. The Morgan fingerprint density at radius 2 is 1.85 bits per heavy atom. The molecule has 4 nitrogen and oxygen atoms in total. The molecule has 0 heterocycles. The van der Waals surface area contributed by atoms with Gasteiger partial charge in [-0.05, 0) is 24.6 Å². The first kappa shape index (κ1) is 14.4. The molecule has 0 bridgehead atoms. The minimum absolute atomic E-state index is 0.0314. The summed E-state index contributed by atoms with van der Waals surface area (Å²) in [4.78, 5) is 0. The van der Waals surface area contributed by atoms with Crippen LogP contribution in [0.15, 0.2) is 48.5 Å². The molecule has 2 atom stereocenters. The van der Waals surface area contributed by atoms with Crippen molar-refractivity contribution in [3.8, 4) is 11.5 Å². The van der Waals surface area contributed by atoms with Crippen LogP contribution in [0.1, 0.15) is 24.1 Å². The van der Waals surface area contributed by atoms with Crippen LogP contribution in [0.3, 0.4) is 0 Å². The summed E-state index contributed by atoms with van der Waals surface area (Å²) < 4.78 is 5.60. The van der Waals surface area contributed by atoms with Crippen LogP contribution >= 0.6 is 0 Å². The lowest BCUT2D eigenvalue weighted by Gasteiger charge is -2.17. The average Bonchev–Trinajstić information content (AvgIpc) is 2.45. The van der Waals surface area contributed by atoms with Crippen LogP contribution in [-0.2, 0) is 6.61 Å². The van der Waals surface area contributed by atoms with Gasteiger partial charge in [0.2, 0.25) is 0 Å². The Morgan fingerprint density at radius 1 is 1.15 bits per heavy atom. The number of aliphatic hydroxyl groups is 1. The third kappa shape index (κ3) is 3.50. The van der Waals surface area contributed by atoms with E-state index >= 15 is 0 Å². The van der Waals surface area contributed by atoms with Crippen molar-refractivity contribution in [2.24, 2.45) is 5.73 Å². The molecular weight excluding hydrogens is 254 g/mol. The molecule has 0 spiro atoms. The van der Waals surface area contributed by atoms with Gasteiger partial charge in [0.05, 0.1) is 12.1 Å². The molecule has 0 amide bonds. The van der Waals surface area contributed by atoms with Crippen LogP contribution in [0.5, 0.6) is 11.5 Å². The van der Waals surface area contributed by atoms with Crippen LogP contribution in [0.4, 0.5) is 0 Å². The molecule has 106 valence electrons. The van der Waals surface area contributed by atoms with Crippen molar-refractivity contribution in [3.05, 3.63) is 59.7 Å². The van der Waals surface area contributed by atoms with Gasteiger partial charge >= 0.3 is 0 Å². The standard InChI is InChI=1S/C16H19NO3/c1-11(18)16(17)14-8-7-13(9-15(14)19)20-10-12-5-3-2-4-6-12/h2-9,11,16,18-19H,10,17H2,1H3/t11-,16-/m1/s1. The van der Waals surface area contributed by atoms with Gasteiger partial charge in [-0.1, -0.05) is 30.3 Å². The SMILES string of the molecule is C[C@@H](O)[C@@H](N)c1ccc(OCc2ccccc2)cc1O. The van der Waals surface area contributed by atoms with Gasteiger partial charge in [-0.25, -0.2) is 0 Å². The van der Waals surface area contributed by atoms with Gasteiger partial charge in [0.1, 0.15) is 18.1 Å². The number of hydrogen-bond acceptors (Lipinski definition) is 4. The van der Waals surface area contributed by atoms with E-state index in [-0.39, 0.29) is 5.75 Å². The molecule has 2 aromatic carbocycles. The second-order valence-corrected chi connectivity index (χ2v) is 4.76. The molecule has 0 aliphatic carbocycles. The Hall–Kier alpha value is -2.04. The lowest BCUT2D eigenvalue weighted by Crippen LogP contribution is -2.23. The molecule has 2 rings (SSSR count). The van der Waals surface area contributed by atoms with Gasteiger partial charge in [0.25, 0.3) is 0 Å². The van der Waals surface area contributed by atoms with Gasteiger partial charge in [0, 0.05) is 11.6 Å². The molecule has 2 aromatic rings. The maximum absolute atomic E-state index is 9.94. The lowest BCUT2D eigenvalue weighted by molar-refractivity contribution is 0.162. The lowest BCUT2D eigenvalue weighted by atomic mass is 10.0. The highest BCUT2D eigenvalue weighted by Crippen LogP contribution is 2.29. The summed E-state index contributed by atoms with van der Waals surface area (Å²) in [6, 6.07) is 14.1. The van der Waals surface area contributed by atoms with E-state index in [1.54, 1.807) is 19.1 Å². The number of hydrogen-bond donors (Lipinski definition) is 3. The Bertz CT molecular complexity index is 555. The first-order valence-electron chi connectivity index (χ1n) is 6.51. The molecule has 0 unspecified atom stereocenters. The zero-order valence-electron chi connectivity index (χ0n) is 11.4. The zero-order valence-corrected chi connectivity index (χ0v) is 11.4. The number of aromatic hydroxyl groups is 1. The third-order valence-corrected chi connectivity index (χ3v) is 3.13. The molecule has 0 aromatic heterocycles. The Balaban J connectivity index is 2.06. The van der Waals surface area contributed by atoms with Crippen LogP contribution < -0.4 is 10.5 Å². The molecule has 0 saturated heterocycles. The highest BCUT2D eigenvalue weighted by molar-refractivity contribution is 5.41. The minimum Gasteiger partial charge on any atom is -0.507 e. The molecule has 0 fully saturated rings. The summed E-state index contributed by atoms with van der Waals surface area (Å²) in [5.41, 5.74) is 7.36. The Labute approximate surface area is 118 Å². The summed E-state index contributed by atoms with van der Waals surface area (Å²) in [7, 11) is 0. The molecular formula is C16H19NO3. The van der Waals surface area contributed by atoms with E-state index in [0.717, 1.165) is 5.56 Å². The monoisotopic (exact) mass is 273 g/mol. The Morgan fingerprint density at radius 3 is 2.45 bits per heavy atom. The predicted octanol–water partition coefficient (Wildman–Crippen LogP) is 2.35. The van der Waals surface area contributed by atoms with E-state index in [1.165, 1.54) is 6.07 Å². The highest BCUT2D eigenvalue weighted by atomic mass is 16.5. The number of rotatable bonds is 5. The fourth-order valence-corrected chi connectivity index (χ4v) is 1.90. The van der Waals surface area contributed by atoms with E-state index < -0.39 is 12.1 Å². The van der Waals surface area contributed by atoms with Gasteiger partial charge in [-0.15, -0.1) is 0 Å². The number of benzene rings is 2. The molecule has 20 heavy (non-hydrogen) atoms. The normalized spacial score (nSPS) is 13.8. The zero-order chi connectivity index (χ0) is 14.5. The molecule has 4 N–H and O–H groups in total. The van der Waals surface area contributed by atoms with Crippen molar-refractivity contribution in [3.63, 3.8) is 0 Å². The van der Waals surface area contributed by atoms with Gasteiger partial charge < -0.3 is 20.7 Å². The van der Waals surface area contributed by atoms with Gasteiger partial charge in [-0.3, -0.25) is 0 Å². The minimum atomic E-state index is -0.725. The summed E-state index contributed by atoms with van der Waals surface area (Å²) in [6.07, 6.45) is -0.725. The summed E-state index contributed by atoms with van der Waals surface area (Å²) in [5, 5.41) is 19.4. The second kappa shape index (κ2) is 6.41. The first-order valence-corrected chi connectivity index (χ1v) is 6.51. The van der Waals surface area contributed by atoms with Crippen LogP contribution in [0.2, 0.25) is 0 Å². The van der Waals surface area contributed by atoms with Gasteiger partial charge in [-0.2, -0.15) is 0 Å². The average molecular weight is 273 g/mol. The van der Waals surface area contributed by atoms with Crippen molar-refractivity contribution in [1.82, 2.24) is 0 Å². The molecule has 0 aliphatic heterocycles. The van der Waals surface area contributed by atoms with E-state index in [4.69, 9.17) is 10.5 Å². The van der Waals surface area contributed by atoms with Crippen molar-refractivity contribution in [2.45, 2.75) is 25.7 Å². The van der Waals surface area contributed by atoms with Crippen molar-refractivity contribution < 1.29 is 14.9 Å². The maximum Gasteiger partial charge on any atom is 0.124 e. The van der Waals surface area contributed by atoms with E-state index in [0.29, 0.717) is 17.9 Å². The summed E-state index contributed by atoms with van der Waals surface area (Å²) >= 11 is 0. The summed E-state index contributed by atoms with van der Waals surface area (Å²) in [5.74, 6) is 0.594. The van der Waals surface area contributed by atoms with E-state index in [2.05, 4.69) is 0 Å². The quantitative estimate of drug-likeness (QED) is 0.781. The molecule has 0 aliphatic rings. The number of phenols is 1. The van der Waals surface area contributed by atoms with E-state index in [9.17, 15) is 10.2 Å². The second-order valence-electron chi connectivity index (χ2n) is 4.76. The topological polar surface area (TPSA) is 75.7 Å². The number of ether oxygens (including phenoxy) is 1. The van der Waals surface area contributed by atoms with Gasteiger partial charge in [0.15, 0.2) is 0 Å². The third-order valence-electron chi connectivity index (χ3n) is 3.13. The molecule has 0 saturated carbocycles. The van der Waals surface area contributed by atoms with Crippen molar-refractivity contribution in [1.29, 1.82) is 0 Å². The highest BCUT2D eigenvalue weighted by Gasteiger charge is 2.16. The molecule has 4 heteroatoms. The van der Waals surface area contributed by atoms with Crippen molar-refractivity contribution >= 4 is 0 Å². The summed E-state index contributed by atoms with van der Waals surface area (Å²) in [6.45, 7) is 2.02. The Kier molecular flexibility index (Phi) is 4.61. The van der Waals surface area contributed by atoms with Crippen molar-refractivity contribution in [2.75, 3.05) is 0 Å². The van der Waals surface area contributed by atoms with Crippen LogP contribution in [0.25, 0.3) is 0 Å². The smallest absolute Gasteiger partial charge is 0.124 e. The molecule has 0 radical (unpaired) electrons. The van der Waals surface area contributed by atoms with Crippen LogP contribution in [0, 0.1) is 0 Å². The number of nitrogens with two attached hydrogens (primary N) is 1. The maximum atomic E-state index is 9.94. The fourth-order valence-electron chi connectivity index (χ4n) is 1.90. The van der Waals surface area contributed by atoms with E-state index in [1.807, 2.05) is 30.3 Å². The number of phenolic OH excluding ortho intramolecular Hbond substituents is 1. The first-order chi connectivity index (χ1) is 9.58. The fraction of sp³-hybridized carbons (Fsp3) is 0.250. The van der Waals surface area contributed by atoms with Crippen LogP contribution in [-0.4, -0.2) is 16.3 Å². The largest absolute Gasteiger partial charge is 0.507 e. The predicted molar refractivity (Wildman–Crippen MR) is 77.5 cm³/mol.